The van der Waals surface area contributed by atoms with Crippen LogP contribution in [-0.4, -0.2) is 23.0 Å². The van der Waals surface area contributed by atoms with E-state index in [1.807, 2.05) is 31.2 Å². The van der Waals surface area contributed by atoms with Gasteiger partial charge in [0.25, 0.3) is 0 Å². The smallest absolute Gasteiger partial charge is 0.241 e. The van der Waals surface area contributed by atoms with Crippen LogP contribution in [0.5, 0.6) is 0 Å². The summed E-state index contributed by atoms with van der Waals surface area (Å²) < 4.78 is 1.22. The Labute approximate surface area is 170 Å². The minimum absolute atomic E-state index is 0.0319. The van der Waals surface area contributed by atoms with Crippen molar-refractivity contribution in [1.29, 1.82) is 0 Å². The molecule has 0 aliphatic heterocycles. The summed E-state index contributed by atoms with van der Waals surface area (Å²) in [6.07, 6.45) is 7.02. The van der Waals surface area contributed by atoms with E-state index in [0.29, 0.717) is 6.04 Å². The number of para-hydroxylation sites is 1. The number of nitrogens with one attached hydrogen (secondary N) is 2. The Morgan fingerprint density at radius 1 is 1.11 bits per heavy atom. The number of carbonyl (C=O) groups excluding carboxylic acids is 1. The van der Waals surface area contributed by atoms with Gasteiger partial charge < -0.3 is 10.6 Å². The average Bonchev–Trinajstić information content (AvgIpc) is 3.12. The Balaban J connectivity index is 1.32. The van der Waals surface area contributed by atoms with Gasteiger partial charge >= 0.3 is 0 Å². The normalized spacial score (nSPS) is 16.2. The number of hydrogen-bond donors (Lipinski definition) is 2. The quantitative estimate of drug-likeness (QED) is 0.610. The third-order valence-electron chi connectivity index (χ3n) is 5.40. The number of anilines is 1. The molecule has 1 fully saturated rings. The van der Waals surface area contributed by atoms with Gasteiger partial charge in [-0.3, -0.25) is 4.79 Å². The van der Waals surface area contributed by atoms with Crippen molar-refractivity contribution in [2.45, 2.75) is 57.5 Å². The second-order valence-corrected chi connectivity index (χ2v) is 8.78. The first kappa shape index (κ1) is 19.1. The number of rotatable bonds is 6. The first-order chi connectivity index (χ1) is 13.7. The number of carbonyl (C=O) groups is 1. The molecule has 0 saturated heterocycles. The molecule has 0 radical (unpaired) electrons. The molecule has 28 heavy (non-hydrogen) atoms. The molecule has 146 valence electrons. The van der Waals surface area contributed by atoms with Gasteiger partial charge in [0.1, 0.15) is 0 Å². The van der Waals surface area contributed by atoms with Crippen molar-refractivity contribution in [3.63, 3.8) is 0 Å². The lowest BCUT2D eigenvalue weighted by Gasteiger charge is -2.26. The summed E-state index contributed by atoms with van der Waals surface area (Å²) in [7, 11) is 0. The van der Waals surface area contributed by atoms with Crippen molar-refractivity contribution in [3.8, 4) is 0 Å². The van der Waals surface area contributed by atoms with Gasteiger partial charge in [0.2, 0.25) is 5.91 Å². The summed E-state index contributed by atoms with van der Waals surface area (Å²) in [4.78, 5) is 17.2. The third kappa shape index (κ3) is 4.78. The standard InChI is InChI=1S/C23H27N3OS/c1-16(24-18-7-3-2-4-8-18)23(27)25-19-13-11-17(12-14-19)15-22-26-20-9-5-6-10-21(20)28-22/h5-6,9-14,16,18,24H,2-4,7-8,15H2,1H3,(H,25,27). The highest BCUT2D eigenvalue weighted by Crippen LogP contribution is 2.24. The Bertz CT molecular complexity index is 895. The maximum atomic E-state index is 12.5. The highest BCUT2D eigenvalue weighted by molar-refractivity contribution is 7.18. The number of fused-ring (bicyclic) bond motifs is 1. The Morgan fingerprint density at radius 3 is 2.61 bits per heavy atom. The Hall–Kier alpha value is -2.24. The van der Waals surface area contributed by atoms with Crippen LogP contribution in [0, 0.1) is 0 Å². The first-order valence-electron chi connectivity index (χ1n) is 10.2. The molecule has 1 atom stereocenters. The van der Waals surface area contributed by atoms with E-state index < -0.39 is 0 Å². The first-order valence-corrected chi connectivity index (χ1v) is 11.0. The van der Waals surface area contributed by atoms with E-state index in [1.54, 1.807) is 11.3 Å². The molecule has 1 amide bonds. The van der Waals surface area contributed by atoms with Crippen LogP contribution in [0.25, 0.3) is 10.2 Å². The van der Waals surface area contributed by atoms with Crippen LogP contribution in [0.4, 0.5) is 5.69 Å². The zero-order valence-electron chi connectivity index (χ0n) is 16.3. The summed E-state index contributed by atoms with van der Waals surface area (Å²) in [6.45, 7) is 1.95. The second kappa shape index (κ2) is 8.84. The number of amides is 1. The zero-order chi connectivity index (χ0) is 19.3. The highest BCUT2D eigenvalue weighted by Gasteiger charge is 2.19. The van der Waals surface area contributed by atoms with Crippen molar-refractivity contribution < 1.29 is 4.79 Å². The van der Waals surface area contributed by atoms with E-state index >= 15 is 0 Å². The monoisotopic (exact) mass is 393 g/mol. The molecule has 1 aliphatic carbocycles. The van der Waals surface area contributed by atoms with Gasteiger partial charge in [-0.05, 0) is 49.6 Å². The molecule has 1 saturated carbocycles. The summed E-state index contributed by atoms with van der Waals surface area (Å²) in [5, 5.41) is 7.62. The molecule has 4 rings (SSSR count). The summed E-state index contributed by atoms with van der Waals surface area (Å²) in [6, 6.07) is 16.6. The van der Waals surface area contributed by atoms with Crippen molar-refractivity contribution in [2.75, 3.05) is 5.32 Å². The lowest BCUT2D eigenvalue weighted by Crippen LogP contribution is -2.44. The number of aromatic nitrogens is 1. The van der Waals surface area contributed by atoms with E-state index in [1.165, 1.54) is 42.4 Å². The van der Waals surface area contributed by atoms with Crippen molar-refractivity contribution in [1.82, 2.24) is 10.3 Å². The fourth-order valence-corrected chi connectivity index (χ4v) is 4.83. The van der Waals surface area contributed by atoms with E-state index in [0.717, 1.165) is 22.6 Å². The van der Waals surface area contributed by atoms with Crippen molar-refractivity contribution in [3.05, 3.63) is 59.1 Å². The lowest BCUT2D eigenvalue weighted by molar-refractivity contribution is -0.118. The van der Waals surface area contributed by atoms with Crippen LogP contribution >= 0.6 is 11.3 Å². The topological polar surface area (TPSA) is 54.0 Å². The molecule has 2 aromatic carbocycles. The molecular weight excluding hydrogens is 366 g/mol. The van der Waals surface area contributed by atoms with E-state index in [4.69, 9.17) is 4.98 Å². The average molecular weight is 394 g/mol. The molecule has 5 heteroatoms. The third-order valence-corrected chi connectivity index (χ3v) is 6.44. The van der Waals surface area contributed by atoms with Crippen LogP contribution in [0.1, 0.15) is 49.6 Å². The fraction of sp³-hybridized carbons (Fsp3) is 0.391. The lowest BCUT2D eigenvalue weighted by atomic mass is 9.95. The maximum absolute atomic E-state index is 12.5. The number of benzene rings is 2. The number of nitrogens with zero attached hydrogens (tertiary/aromatic N) is 1. The maximum Gasteiger partial charge on any atom is 0.241 e. The summed E-state index contributed by atoms with van der Waals surface area (Å²) in [5.41, 5.74) is 3.10. The van der Waals surface area contributed by atoms with Crippen LogP contribution in [0.3, 0.4) is 0 Å². The molecule has 0 spiro atoms. The summed E-state index contributed by atoms with van der Waals surface area (Å²) >= 11 is 1.74. The van der Waals surface area contributed by atoms with E-state index in [9.17, 15) is 4.79 Å². The van der Waals surface area contributed by atoms with Crippen LogP contribution in [-0.2, 0) is 11.2 Å². The zero-order valence-corrected chi connectivity index (χ0v) is 17.1. The van der Waals surface area contributed by atoms with Gasteiger partial charge in [0.05, 0.1) is 21.3 Å². The van der Waals surface area contributed by atoms with E-state index in [2.05, 4.69) is 34.9 Å². The van der Waals surface area contributed by atoms with Crippen LogP contribution < -0.4 is 10.6 Å². The molecule has 1 heterocycles. The van der Waals surface area contributed by atoms with Crippen molar-refractivity contribution in [2.24, 2.45) is 0 Å². The van der Waals surface area contributed by atoms with Gasteiger partial charge in [0, 0.05) is 18.2 Å². The predicted octanol–water partition coefficient (Wildman–Crippen LogP) is 5.14. The van der Waals surface area contributed by atoms with E-state index in [-0.39, 0.29) is 11.9 Å². The van der Waals surface area contributed by atoms with Gasteiger partial charge in [-0.15, -0.1) is 11.3 Å². The predicted molar refractivity (Wildman–Crippen MR) is 117 cm³/mol. The molecule has 2 N–H and O–H groups in total. The van der Waals surface area contributed by atoms with Gasteiger partial charge in [-0.1, -0.05) is 43.5 Å². The molecular formula is C23H27N3OS. The van der Waals surface area contributed by atoms with Crippen molar-refractivity contribution >= 4 is 33.1 Å². The second-order valence-electron chi connectivity index (χ2n) is 7.66. The van der Waals surface area contributed by atoms with Gasteiger partial charge in [0.15, 0.2) is 0 Å². The molecule has 1 aromatic heterocycles. The fourth-order valence-electron chi connectivity index (χ4n) is 3.83. The SMILES string of the molecule is CC(NC1CCCCC1)C(=O)Nc1ccc(Cc2nc3ccccc3s2)cc1. The summed E-state index contributed by atoms with van der Waals surface area (Å²) in [5.74, 6) is 0.0319. The molecule has 0 bridgehead atoms. The Kier molecular flexibility index (Phi) is 6.03. The van der Waals surface area contributed by atoms with Gasteiger partial charge in [-0.2, -0.15) is 0 Å². The van der Waals surface area contributed by atoms with Gasteiger partial charge in [-0.25, -0.2) is 4.98 Å². The Morgan fingerprint density at radius 2 is 1.86 bits per heavy atom. The minimum atomic E-state index is -0.175. The number of thiazole rings is 1. The minimum Gasteiger partial charge on any atom is -0.325 e. The largest absolute Gasteiger partial charge is 0.325 e. The molecule has 4 nitrogen and oxygen atoms in total. The van der Waals surface area contributed by atoms with Crippen LogP contribution in [0.15, 0.2) is 48.5 Å². The molecule has 3 aromatic rings. The highest BCUT2D eigenvalue weighted by atomic mass is 32.1. The van der Waals surface area contributed by atoms with Crippen LogP contribution in [0.2, 0.25) is 0 Å². The molecule has 1 unspecified atom stereocenters. The molecule has 1 aliphatic rings. The number of hydrogen-bond acceptors (Lipinski definition) is 4.